The molecule has 108 valence electrons. The summed E-state index contributed by atoms with van der Waals surface area (Å²) in [7, 11) is 1.29. The molecule has 20 heavy (non-hydrogen) atoms. The Kier molecular flexibility index (Phi) is 6.66. The van der Waals surface area contributed by atoms with Gasteiger partial charge in [-0.25, -0.2) is 0 Å². The first kappa shape index (κ1) is 16.1. The number of carbonyl (C=O) groups excluding carboxylic acids is 2. The number of ether oxygens (including phenoxy) is 1. The monoisotopic (exact) mass is 294 g/mol. The van der Waals surface area contributed by atoms with Gasteiger partial charge in [0.1, 0.15) is 0 Å². The lowest BCUT2D eigenvalue weighted by molar-refractivity contribution is -0.142. The molecule has 0 spiro atoms. The number of benzene rings is 1. The maximum atomic E-state index is 11.5. The Hall–Kier alpha value is -1.95. The number of esters is 1. The summed E-state index contributed by atoms with van der Waals surface area (Å²) in [4.78, 5) is 22.5. The maximum absolute atomic E-state index is 11.5. The van der Waals surface area contributed by atoms with Gasteiger partial charge in [-0.2, -0.15) is 0 Å². The molecule has 1 amide bonds. The SMILES string of the molecule is COC(=O)CCC(=O)NC(=S)NC(C)c1ccccc1. The van der Waals surface area contributed by atoms with Crippen LogP contribution in [0, 0.1) is 0 Å². The van der Waals surface area contributed by atoms with E-state index >= 15 is 0 Å². The summed E-state index contributed by atoms with van der Waals surface area (Å²) in [6, 6.07) is 9.74. The minimum atomic E-state index is -0.420. The standard InChI is InChI=1S/C14H18N2O3S/c1-10(11-6-4-3-5-7-11)15-14(20)16-12(17)8-9-13(18)19-2/h3-7,10H,8-9H2,1-2H3,(H2,15,16,17,20). The molecule has 0 saturated carbocycles. The van der Waals surface area contributed by atoms with Crippen LogP contribution in [0.4, 0.5) is 0 Å². The van der Waals surface area contributed by atoms with E-state index in [0.717, 1.165) is 5.56 Å². The topological polar surface area (TPSA) is 67.4 Å². The zero-order chi connectivity index (χ0) is 15.0. The molecular formula is C14H18N2O3S. The van der Waals surface area contributed by atoms with E-state index in [2.05, 4.69) is 15.4 Å². The molecule has 0 bridgehead atoms. The number of carbonyl (C=O) groups is 2. The van der Waals surface area contributed by atoms with E-state index in [1.807, 2.05) is 37.3 Å². The number of hydrogen-bond donors (Lipinski definition) is 2. The van der Waals surface area contributed by atoms with Crippen molar-refractivity contribution in [2.45, 2.75) is 25.8 Å². The van der Waals surface area contributed by atoms with Crippen LogP contribution in [0.25, 0.3) is 0 Å². The van der Waals surface area contributed by atoms with Crippen LogP contribution in [0.1, 0.15) is 31.4 Å². The predicted octanol–water partition coefficient (Wildman–Crippen LogP) is 1.69. The minimum Gasteiger partial charge on any atom is -0.469 e. The Balaban J connectivity index is 2.36. The Bertz CT molecular complexity index is 477. The Morgan fingerprint density at radius 2 is 1.90 bits per heavy atom. The van der Waals surface area contributed by atoms with E-state index in [-0.39, 0.29) is 29.9 Å². The third-order valence-corrected chi connectivity index (χ3v) is 2.90. The summed E-state index contributed by atoms with van der Waals surface area (Å²) in [6.07, 6.45) is 0.0907. The molecule has 0 aliphatic heterocycles. The first-order valence-electron chi connectivity index (χ1n) is 6.25. The number of nitrogens with one attached hydrogen (secondary N) is 2. The number of amides is 1. The van der Waals surface area contributed by atoms with Gasteiger partial charge >= 0.3 is 5.97 Å². The summed E-state index contributed by atoms with van der Waals surface area (Å²) < 4.78 is 4.46. The van der Waals surface area contributed by atoms with Gasteiger partial charge in [-0.05, 0) is 24.7 Å². The quantitative estimate of drug-likeness (QED) is 0.639. The Morgan fingerprint density at radius 3 is 2.50 bits per heavy atom. The second kappa shape index (κ2) is 8.27. The molecule has 1 atom stereocenters. The van der Waals surface area contributed by atoms with Crippen LogP contribution in [-0.2, 0) is 14.3 Å². The summed E-state index contributed by atoms with van der Waals surface area (Å²) in [5.74, 6) is -0.732. The molecule has 0 aromatic heterocycles. The second-order valence-electron chi connectivity index (χ2n) is 4.23. The van der Waals surface area contributed by atoms with Crippen LogP contribution in [0.5, 0.6) is 0 Å². The smallest absolute Gasteiger partial charge is 0.306 e. The third-order valence-electron chi connectivity index (χ3n) is 2.68. The highest BCUT2D eigenvalue weighted by Crippen LogP contribution is 2.10. The molecule has 1 unspecified atom stereocenters. The Labute approximate surface area is 123 Å². The fourth-order valence-electron chi connectivity index (χ4n) is 1.56. The van der Waals surface area contributed by atoms with Crippen LogP contribution >= 0.6 is 12.2 Å². The molecule has 0 fully saturated rings. The fraction of sp³-hybridized carbons (Fsp3) is 0.357. The molecule has 0 aliphatic rings. The van der Waals surface area contributed by atoms with Gasteiger partial charge in [-0.3, -0.25) is 9.59 Å². The molecule has 2 N–H and O–H groups in total. The summed E-state index contributed by atoms with van der Waals surface area (Å²) in [6.45, 7) is 1.95. The van der Waals surface area contributed by atoms with E-state index in [1.54, 1.807) is 0 Å². The number of methoxy groups -OCH3 is 1. The van der Waals surface area contributed by atoms with Crippen molar-refractivity contribution in [3.8, 4) is 0 Å². The van der Waals surface area contributed by atoms with Crippen molar-refractivity contribution < 1.29 is 14.3 Å². The van der Waals surface area contributed by atoms with E-state index in [1.165, 1.54) is 7.11 Å². The lowest BCUT2D eigenvalue weighted by Crippen LogP contribution is -2.40. The van der Waals surface area contributed by atoms with Gasteiger partial charge < -0.3 is 15.4 Å². The first-order valence-corrected chi connectivity index (χ1v) is 6.66. The molecule has 0 aliphatic carbocycles. The average Bonchev–Trinajstić information content (AvgIpc) is 2.45. The van der Waals surface area contributed by atoms with E-state index in [4.69, 9.17) is 12.2 Å². The zero-order valence-electron chi connectivity index (χ0n) is 11.5. The zero-order valence-corrected chi connectivity index (χ0v) is 12.3. The number of thiocarbonyl (C=S) groups is 1. The number of rotatable bonds is 5. The van der Waals surface area contributed by atoms with Crippen molar-refractivity contribution in [1.82, 2.24) is 10.6 Å². The highest BCUT2D eigenvalue weighted by molar-refractivity contribution is 7.80. The molecule has 6 heteroatoms. The summed E-state index contributed by atoms with van der Waals surface area (Å²) in [5.41, 5.74) is 1.07. The molecule has 1 rings (SSSR count). The van der Waals surface area contributed by atoms with Crippen molar-refractivity contribution in [3.05, 3.63) is 35.9 Å². The van der Waals surface area contributed by atoms with Crippen LogP contribution in [0.2, 0.25) is 0 Å². The van der Waals surface area contributed by atoms with Crippen LogP contribution < -0.4 is 10.6 Å². The lowest BCUT2D eigenvalue weighted by atomic mass is 10.1. The van der Waals surface area contributed by atoms with Crippen molar-refractivity contribution in [2.75, 3.05) is 7.11 Å². The van der Waals surface area contributed by atoms with Gasteiger partial charge in [0.25, 0.3) is 0 Å². The van der Waals surface area contributed by atoms with Crippen molar-refractivity contribution in [1.29, 1.82) is 0 Å². The lowest BCUT2D eigenvalue weighted by Gasteiger charge is -2.16. The van der Waals surface area contributed by atoms with Crippen LogP contribution in [0.15, 0.2) is 30.3 Å². The number of hydrogen-bond acceptors (Lipinski definition) is 4. The highest BCUT2D eigenvalue weighted by Gasteiger charge is 2.10. The summed E-state index contributed by atoms with van der Waals surface area (Å²) >= 11 is 5.06. The first-order chi connectivity index (χ1) is 9.52. The predicted molar refractivity (Wildman–Crippen MR) is 80.0 cm³/mol. The molecule has 5 nitrogen and oxygen atoms in total. The van der Waals surface area contributed by atoms with Crippen LogP contribution in [-0.4, -0.2) is 24.1 Å². The molecule has 0 heterocycles. The van der Waals surface area contributed by atoms with Gasteiger partial charge in [0.2, 0.25) is 5.91 Å². The van der Waals surface area contributed by atoms with Gasteiger partial charge in [0.15, 0.2) is 5.11 Å². The second-order valence-corrected chi connectivity index (χ2v) is 4.64. The van der Waals surface area contributed by atoms with Gasteiger partial charge in [-0.15, -0.1) is 0 Å². The van der Waals surface area contributed by atoms with Gasteiger partial charge in [0, 0.05) is 6.42 Å². The van der Waals surface area contributed by atoms with Crippen molar-refractivity contribution >= 4 is 29.2 Å². The largest absolute Gasteiger partial charge is 0.469 e. The van der Waals surface area contributed by atoms with Gasteiger partial charge in [-0.1, -0.05) is 30.3 Å². The summed E-state index contributed by atoms with van der Waals surface area (Å²) in [5, 5.41) is 5.79. The molecular weight excluding hydrogens is 276 g/mol. The highest BCUT2D eigenvalue weighted by atomic mass is 32.1. The average molecular weight is 294 g/mol. The third kappa shape index (κ3) is 5.79. The van der Waals surface area contributed by atoms with Crippen molar-refractivity contribution in [2.24, 2.45) is 0 Å². The molecule has 0 saturated heterocycles. The molecule has 0 radical (unpaired) electrons. The van der Waals surface area contributed by atoms with Crippen molar-refractivity contribution in [3.63, 3.8) is 0 Å². The maximum Gasteiger partial charge on any atom is 0.306 e. The normalized spacial score (nSPS) is 11.3. The van der Waals surface area contributed by atoms with E-state index < -0.39 is 5.97 Å². The molecule has 1 aromatic rings. The van der Waals surface area contributed by atoms with Gasteiger partial charge in [0.05, 0.1) is 19.6 Å². The Morgan fingerprint density at radius 1 is 1.25 bits per heavy atom. The van der Waals surface area contributed by atoms with E-state index in [9.17, 15) is 9.59 Å². The molecule has 1 aromatic carbocycles. The van der Waals surface area contributed by atoms with Crippen LogP contribution in [0.3, 0.4) is 0 Å². The minimum absolute atomic E-state index is 0.00962. The fourth-order valence-corrected chi connectivity index (χ4v) is 1.86. The van der Waals surface area contributed by atoms with E-state index in [0.29, 0.717) is 0 Å².